The number of aromatic nitrogens is 1. The van der Waals surface area contributed by atoms with E-state index < -0.39 is 0 Å². The predicted octanol–water partition coefficient (Wildman–Crippen LogP) is 3.60. The van der Waals surface area contributed by atoms with Crippen LogP contribution in [0.3, 0.4) is 0 Å². The van der Waals surface area contributed by atoms with Crippen LogP contribution in [0.15, 0.2) is 41.0 Å². The molecule has 100 valence electrons. The Morgan fingerprint density at radius 1 is 1.32 bits per heavy atom. The first-order valence-corrected chi connectivity index (χ1v) is 6.82. The first-order valence-electron chi connectivity index (χ1n) is 6.03. The molecule has 5 heteroatoms. The Bertz CT molecular complexity index is 557. The molecular weight excluding hydrogens is 309 g/mol. The van der Waals surface area contributed by atoms with Gasteiger partial charge in [-0.2, -0.15) is 0 Å². The lowest BCUT2D eigenvalue weighted by Gasteiger charge is -2.24. The van der Waals surface area contributed by atoms with Crippen molar-refractivity contribution < 1.29 is 4.39 Å². The maximum Gasteiger partial charge on any atom is 0.137 e. The van der Waals surface area contributed by atoms with E-state index in [2.05, 4.69) is 20.9 Å². The summed E-state index contributed by atoms with van der Waals surface area (Å²) in [5.74, 6) is 0.558. The van der Waals surface area contributed by atoms with E-state index in [-0.39, 0.29) is 5.82 Å². The smallest absolute Gasteiger partial charge is 0.137 e. The molecule has 0 saturated heterocycles. The van der Waals surface area contributed by atoms with E-state index in [4.69, 9.17) is 5.73 Å². The number of pyridine rings is 1. The van der Waals surface area contributed by atoms with Gasteiger partial charge in [0.1, 0.15) is 11.6 Å². The molecular formula is C14H15BrFN3. The number of nitrogens with two attached hydrogens (primary N) is 1. The average Bonchev–Trinajstić information content (AvgIpc) is 2.43. The van der Waals surface area contributed by atoms with E-state index in [1.54, 1.807) is 18.3 Å². The van der Waals surface area contributed by atoms with E-state index in [1.807, 2.05) is 17.9 Å². The Balaban J connectivity index is 2.44. The second-order valence-corrected chi connectivity index (χ2v) is 4.98. The zero-order valence-corrected chi connectivity index (χ0v) is 12.2. The van der Waals surface area contributed by atoms with Crippen molar-refractivity contribution >= 4 is 27.4 Å². The van der Waals surface area contributed by atoms with Crippen molar-refractivity contribution in [3.8, 4) is 0 Å². The fraction of sp³-hybridized carbons (Fsp3) is 0.214. The normalized spacial score (nSPS) is 10.5. The van der Waals surface area contributed by atoms with Crippen LogP contribution >= 0.6 is 15.9 Å². The summed E-state index contributed by atoms with van der Waals surface area (Å²) >= 11 is 3.39. The quantitative estimate of drug-likeness (QED) is 0.934. The second kappa shape index (κ2) is 6.12. The van der Waals surface area contributed by atoms with Crippen molar-refractivity contribution in [2.24, 2.45) is 5.73 Å². The van der Waals surface area contributed by atoms with E-state index in [9.17, 15) is 4.39 Å². The summed E-state index contributed by atoms with van der Waals surface area (Å²) < 4.78 is 13.9. The molecule has 0 saturated carbocycles. The van der Waals surface area contributed by atoms with Crippen LogP contribution in [-0.2, 0) is 6.54 Å². The van der Waals surface area contributed by atoms with Crippen LogP contribution in [-0.4, -0.2) is 11.5 Å². The largest absolute Gasteiger partial charge is 0.326 e. The Labute approximate surface area is 120 Å². The molecule has 0 bridgehead atoms. The summed E-state index contributed by atoms with van der Waals surface area (Å²) in [5.41, 5.74) is 7.61. The zero-order chi connectivity index (χ0) is 13.8. The third kappa shape index (κ3) is 3.11. The van der Waals surface area contributed by atoms with Crippen molar-refractivity contribution in [2.45, 2.75) is 13.5 Å². The number of hydrogen-bond acceptors (Lipinski definition) is 3. The number of nitrogens with zero attached hydrogens (tertiary/aromatic N) is 2. The minimum Gasteiger partial charge on any atom is -0.326 e. The van der Waals surface area contributed by atoms with Gasteiger partial charge < -0.3 is 10.6 Å². The number of anilines is 2. The Hall–Kier alpha value is -1.46. The number of rotatable bonds is 4. The third-order valence-electron chi connectivity index (χ3n) is 2.84. The first kappa shape index (κ1) is 14.0. The maximum absolute atomic E-state index is 13.0. The molecule has 0 unspecified atom stereocenters. The fourth-order valence-electron chi connectivity index (χ4n) is 1.94. The van der Waals surface area contributed by atoms with E-state index in [0.29, 0.717) is 6.54 Å². The fourth-order valence-corrected chi connectivity index (χ4v) is 2.32. The molecule has 0 amide bonds. The SMILES string of the molecule is CCN(c1ccc(F)cc1)c1ncc(Br)cc1CN. The maximum atomic E-state index is 13.0. The summed E-state index contributed by atoms with van der Waals surface area (Å²) in [6.07, 6.45) is 1.74. The van der Waals surface area contributed by atoms with Crippen LogP contribution in [0.25, 0.3) is 0 Å². The molecule has 0 aliphatic carbocycles. The molecule has 2 N–H and O–H groups in total. The standard InChI is InChI=1S/C14H15BrFN3/c1-2-19(13-5-3-12(16)4-6-13)14-10(8-17)7-11(15)9-18-14/h3-7,9H,2,8,17H2,1H3. The Morgan fingerprint density at radius 3 is 2.58 bits per heavy atom. The van der Waals surface area contributed by atoms with Crippen molar-refractivity contribution in [2.75, 3.05) is 11.4 Å². The molecule has 1 aromatic carbocycles. The van der Waals surface area contributed by atoms with Crippen molar-refractivity contribution in [1.29, 1.82) is 0 Å². The van der Waals surface area contributed by atoms with Gasteiger partial charge in [0.25, 0.3) is 0 Å². The van der Waals surface area contributed by atoms with Gasteiger partial charge in [0.2, 0.25) is 0 Å². The van der Waals surface area contributed by atoms with Gasteiger partial charge in [-0.05, 0) is 53.2 Å². The van der Waals surface area contributed by atoms with E-state index in [0.717, 1.165) is 28.1 Å². The van der Waals surface area contributed by atoms with Crippen LogP contribution in [0, 0.1) is 5.82 Å². The lowest BCUT2D eigenvalue weighted by atomic mass is 10.2. The minimum atomic E-state index is -0.248. The summed E-state index contributed by atoms with van der Waals surface area (Å²) in [7, 11) is 0. The molecule has 1 aromatic heterocycles. The summed E-state index contributed by atoms with van der Waals surface area (Å²) in [6.45, 7) is 3.15. The van der Waals surface area contributed by atoms with Gasteiger partial charge in [-0.3, -0.25) is 0 Å². The zero-order valence-electron chi connectivity index (χ0n) is 10.6. The lowest BCUT2D eigenvalue weighted by Crippen LogP contribution is -2.20. The van der Waals surface area contributed by atoms with E-state index in [1.165, 1.54) is 12.1 Å². The minimum absolute atomic E-state index is 0.248. The van der Waals surface area contributed by atoms with Crippen LogP contribution in [0.2, 0.25) is 0 Å². The Morgan fingerprint density at radius 2 is 2.00 bits per heavy atom. The molecule has 2 aromatic rings. The highest BCUT2D eigenvalue weighted by molar-refractivity contribution is 9.10. The molecule has 0 fully saturated rings. The van der Waals surface area contributed by atoms with Gasteiger partial charge in [0, 0.05) is 35.0 Å². The monoisotopic (exact) mass is 323 g/mol. The van der Waals surface area contributed by atoms with Crippen LogP contribution in [0.1, 0.15) is 12.5 Å². The van der Waals surface area contributed by atoms with Crippen LogP contribution in [0.5, 0.6) is 0 Å². The highest BCUT2D eigenvalue weighted by atomic mass is 79.9. The Kier molecular flexibility index (Phi) is 4.50. The molecule has 0 aliphatic rings. The number of benzene rings is 1. The average molecular weight is 324 g/mol. The molecule has 19 heavy (non-hydrogen) atoms. The molecule has 2 rings (SSSR count). The lowest BCUT2D eigenvalue weighted by molar-refractivity contribution is 0.627. The van der Waals surface area contributed by atoms with Crippen molar-refractivity contribution in [3.05, 3.63) is 52.4 Å². The molecule has 0 spiro atoms. The second-order valence-electron chi connectivity index (χ2n) is 4.06. The van der Waals surface area contributed by atoms with Gasteiger partial charge in [-0.1, -0.05) is 0 Å². The number of halogens is 2. The first-order chi connectivity index (χ1) is 9.15. The van der Waals surface area contributed by atoms with Crippen LogP contribution in [0.4, 0.5) is 15.9 Å². The van der Waals surface area contributed by atoms with Crippen LogP contribution < -0.4 is 10.6 Å². The molecule has 0 atom stereocenters. The van der Waals surface area contributed by atoms with Gasteiger partial charge in [0.15, 0.2) is 0 Å². The van der Waals surface area contributed by atoms with Gasteiger partial charge in [-0.15, -0.1) is 0 Å². The summed E-state index contributed by atoms with van der Waals surface area (Å²) in [4.78, 5) is 6.43. The summed E-state index contributed by atoms with van der Waals surface area (Å²) in [6, 6.07) is 8.32. The summed E-state index contributed by atoms with van der Waals surface area (Å²) in [5, 5.41) is 0. The van der Waals surface area contributed by atoms with Gasteiger partial charge in [-0.25, -0.2) is 9.37 Å². The molecule has 1 heterocycles. The van der Waals surface area contributed by atoms with Gasteiger partial charge >= 0.3 is 0 Å². The van der Waals surface area contributed by atoms with Crippen molar-refractivity contribution in [3.63, 3.8) is 0 Å². The van der Waals surface area contributed by atoms with Crippen molar-refractivity contribution in [1.82, 2.24) is 4.98 Å². The molecule has 0 aliphatic heterocycles. The predicted molar refractivity (Wildman–Crippen MR) is 78.9 cm³/mol. The topological polar surface area (TPSA) is 42.2 Å². The highest BCUT2D eigenvalue weighted by Gasteiger charge is 2.13. The highest BCUT2D eigenvalue weighted by Crippen LogP contribution is 2.28. The molecule has 3 nitrogen and oxygen atoms in total. The van der Waals surface area contributed by atoms with Gasteiger partial charge in [0.05, 0.1) is 0 Å². The van der Waals surface area contributed by atoms with E-state index >= 15 is 0 Å². The number of hydrogen-bond donors (Lipinski definition) is 1. The molecule has 0 radical (unpaired) electrons. The third-order valence-corrected chi connectivity index (χ3v) is 3.27.